The van der Waals surface area contributed by atoms with E-state index in [0.29, 0.717) is 5.92 Å². The summed E-state index contributed by atoms with van der Waals surface area (Å²) in [6.07, 6.45) is 5.90. The summed E-state index contributed by atoms with van der Waals surface area (Å²) in [7, 11) is 4.03. The molecule has 1 heterocycles. The van der Waals surface area contributed by atoms with E-state index in [-0.39, 0.29) is 0 Å². The smallest absolute Gasteiger partial charge is 0.108 e. The Morgan fingerprint density at radius 2 is 2.05 bits per heavy atom. The highest BCUT2D eigenvalue weighted by atomic mass is 35.5. The van der Waals surface area contributed by atoms with Gasteiger partial charge in [0.15, 0.2) is 0 Å². The van der Waals surface area contributed by atoms with Crippen molar-refractivity contribution >= 4 is 11.6 Å². The summed E-state index contributed by atoms with van der Waals surface area (Å²) in [5.41, 5.74) is 1.33. The van der Waals surface area contributed by atoms with Crippen molar-refractivity contribution in [1.82, 2.24) is 14.9 Å². The van der Waals surface area contributed by atoms with Crippen molar-refractivity contribution in [2.24, 2.45) is 7.05 Å². The molecule has 1 aromatic carbocycles. The summed E-state index contributed by atoms with van der Waals surface area (Å²) in [5.74, 6) is 1.62. The first kappa shape index (κ1) is 14.1. The molecule has 0 aliphatic carbocycles. The van der Waals surface area contributed by atoms with Gasteiger partial charge in [-0.1, -0.05) is 23.7 Å². The van der Waals surface area contributed by atoms with Crippen LogP contribution in [-0.2, 0) is 13.5 Å². The van der Waals surface area contributed by atoms with Crippen molar-refractivity contribution in [2.75, 3.05) is 13.6 Å². The van der Waals surface area contributed by atoms with E-state index in [0.717, 1.165) is 30.2 Å². The van der Waals surface area contributed by atoms with Crippen LogP contribution in [0.3, 0.4) is 0 Å². The van der Waals surface area contributed by atoms with Crippen molar-refractivity contribution in [2.45, 2.75) is 18.8 Å². The molecule has 3 nitrogen and oxygen atoms in total. The van der Waals surface area contributed by atoms with E-state index in [1.54, 1.807) is 0 Å². The van der Waals surface area contributed by atoms with E-state index in [4.69, 9.17) is 11.6 Å². The number of aryl methyl sites for hydroxylation is 2. The van der Waals surface area contributed by atoms with Gasteiger partial charge in [-0.05, 0) is 37.1 Å². The lowest BCUT2D eigenvalue weighted by Crippen LogP contribution is -2.18. The predicted octanol–water partition coefficient (Wildman–Crippen LogP) is 3.01. The predicted molar refractivity (Wildman–Crippen MR) is 79.6 cm³/mol. The molecule has 1 unspecified atom stereocenters. The number of rotatable bonds is 6. The second-order valence-electron chi connectivity index (χ2n) is 4.80. The first-order chi connectivity index (χ1) is 9.20. The van der Waals surface area contributed by atoms with Gasteiger partial charge >= 0.3 is 0 Å². The SMILES string of the molecule is CNCC(CCc1nccn1C)c1ccc(Cl)cc1. The molecule has 0 saturated heterocycles. The molecule has 4 heteroatoms. The van der Waals surface area contributed by atoms with Gasteiger partial charge in [0.25, 0.3) is 0 Å². The first-order valence-corrected chi connectivity index (χ1v) is 6.94. The van der Waals surface area contributed by atoms with Crippen molar-refractivity contribution < 1.29 is 0 Å². The van der Waals surface area contributed by atoms with Crippen molar-refractivity contribution in [3.8, 4) is 0 Å². The Bertz CT molecular complexity index is 504. The van der Waals surface area contributed by atoms with Crippen molar-refractivity contribution in [3.05, 3.63) is 53.1 Å². The highest BCUT2D eigenvalue weighted by Crippen LogP contribution is 2.22. The van der Waals surface area contributed by atoms with Crippen LogP contribution in [0.15, 0.2) is 36.7 Å². The Balaban J connectivity index is 2.04. The van der Waals surface area contributed by atoms with E-state index in [9.17, 15) is 0 Å². The van der Waals surface area contributed by atoms with Crippen LogP contribution in [0.2, 0.25) is 5.02 Å². The second-order valence-corrected chi connectivity index (χ2v) is 5.24. The van der Waals surface area contributed by atoms with Gasteiger partial charge in [-0.2, -0.15) is 0 Å². The van der Waals surface area contributed by atoms with Gasteiger partial charge in [-0.15, -0.1) is 0 Å². The van der Waals surface area contributed by atoms with Gasteiger partial charge in [0.2, 0.25) is 0 Å². The summed E-state index contributed by atoms with van der Waals surface area (Å²) < 4.78 is 2.08. The lowest BCUT2D eigenvalue weighted by Gasteiger charge is -2.17. The molecule has 0 spiro atoms. The standard InChI is InChI=1S/C15H20ClN3/c1-17-11-13(12-3-6-14(16)7-4-12)5-8-15-18-9-10-19(15)2/h3-4,6-7,9-10,13,17H,5,8,11H2,1-2H3. The Hall–Kier alpha value is -1.32. The average Bonchev–Trinajstić information content (AvgIpc) is 2.81. The number of likely N-dealkylation sites (N-methyl/N-ethyl adjacent to an activating group) is 1. The molecular weight excluding hydrogens is 258 g/mol. The maximum atomic E-state index is 5.94. The molecule has 1 N–H and O–H groups in total. The zero-order chi connectivity index (χ0) is 13.7. The number of aromatic nitrogens is 2. The van der Waals surface area contributed by atoms with Crippen molar-refractivity contribution in [1.29, 1.82) is 0 Å². The molecule has 2 aromatic rings. The van der Waals surface area contributed by atoms with Gasteiger partial charge in [0.05, 0.1) is 0 Å². The van der Waals surface area contributed by atoms with Crippen LogP contribution in [0.25, 0.3) is 0 Å². The van der Waals surface area contributed by atoms with Crippen LogP contribution in [0.4, 0.5) is 0 Å². The minimum Gasteiger partial charge on any atom is -0.338 e. The quantitative estimate of drug-likeness (QED) is 0.880. The third-order valence-corrected chi connectivity index (χ3v) is 3.68. The van der Waals surface area contributed by atoms with Crippen molar-refractivity contribution in [3.63, 3.8) is 0 Å². The normalized spacial score (nSPS) is 12.6. The summed E-state index contributed by atoms with van der Waals surface area (Å²) in [6.45, 7) is 0.964. The number of imidazole rings is 1. The summed E-state index contributed by atoms with van der Waals surface area (Å²) in [5, 5.41) is 4.05. The molecule has 0 amide bonds. The summed E-state index contributed by atoms with van der Waals surface area (Å²) in [6, 6.07) is 8.14. The third kappa shape index (κ3) is 3.82. The minimum atomic E-state index is 0.485. The number of hydrogen-bond acceptors (Lipinski definition) is 2. The molecule has 2 rings (SSSR count). The molecule has 0 fully saturated rings. The molecule has 1 atom stereocenters. The minimum absolute atomic E-state index is 0.485. The number of nitrogens with one attached hydrogen (secondary N) is 1. The van der Waals surface area contributed by atoms with Crippen LogP contribution < -0.4 is 5.32 Å². The maximum absolute atomic E-state index is 5.94. The van der Waals surface area contributed by atoms with Crippen LogP contribution in [0.1, 0.15) is 23.7 Å². The van der Waals surface area contributed by atoms with E-state index >= 15 is 0 Å². The molecule has 19 heavy (non-hydrogen) atoms. The van der Waals surface area contributed by atoms with Gasteiger partial charge < -0.3 is 9.88 Å². The van der Waals surface area contributed by atoms with Gasteiger partial charge in [-0.25, -0.2) is 4.98 Å². The summed E-state index contributed by atoms with van der Waals surface area (Å²) >= 11 is 5.94. The Morgan fingerprint density at radius 3 is 2.63 bits per heavy atom. The molecule has 0 saturated carbocycles. The lowest BCUT2D eigenvalue weighted by molar-refractivity contribution is 0.568. The molecule has 0 aliphatic heterocycles. The Morgan fingerprint density at radius 1 is 1.32 bits per heavy atom. The van der Waals surface area contributed by atoms with Crippen LogP contribution in [0, 0.1) is 0 Å². The number of benzene rings is 1. The van der Waals surface area contributed by atoms with Gasteiger partial charge in [-0.3, -0.25) is 0 Å². The fourth-order valence-corrected chi connectivity index (χ4v) is 2.43. The largest absolute Gasteiger partial charge is 0.338 e. The Kier molecular flexibility index (Phi) is 5.00. The van der Waals surface area contributed by atoms with Crippen LogP contribution in [-0.4, -0.2) is 23.1 Å². The fourth-order valence-electron chi connectivity index (χ4n) is 2.31. The maximum Gasteiger partial charge on any atom is 0.108 e. The third-order valence-electron chi connectivity index (χ3n) is 3.43. The van der Waals surface area contributed by atoms with Crippen LogP contribution in [0.5, 0.6) is 0 Å². The van der Waals surface area contributed by atoms with E-state index in [1.807, 2.05) is 38.6 Å². The monoisotopic (exact) mass is 277 g/mol. The topological polar surface area (TPSA) is 29.9 Å². The average molecular weight is 278 g/mol. The molecule has 1 aromatic heterocycles. The highest BCUT2D eigenvalue weighted by molar-refractivity contribution is 6.30. The number of halogens is 1. The molecule has 0 aliphatic rings. The molecule has 0 bridgehead atoms. The number of nitrogens with zero attached hydrogens (tertiary/aromatic N) is 2. The van der Waals surface area contributed by atoms with Gasteiger partial charge in [0.1, 0.15) is 5.82 Å². The zero-order valence-corrected chi connectivity index (χ0v) is 12.2. The number of hydrogen-bond donors (Lipinski definition) is 1. The molecule has 102 valence electrons. The zero-order valence-electron chi connectivity index (χ0n) is 11.4. The van der Waals surface area contributed by atoms with Crippen LogP contribution >= 0.6 is 11.6 Å². The fraction of sp³-hybridized carbons (Fsp3) is 0.400. The first-order valence-electron chi connectivity index (χ1n) is 6.57. The second kappa shape index (κ2) is 6.73. The van der Waals surface area contributed by atoms with Gasteiger partial charge in [0, 0.05) is 37.4 Å². The summed E-state index contributed by atoms with van der Waals surface area (Å²) in [4.78, 5) is 4.38. The lowest BCUT2D eigenvalue weighted by atomic mass is 9.94. The van der Waals surface area contributed by atoms with E-state index < -0.39 is 0 Å². The Labute approximate surface area is 119 Å². The van der Waals surface area contributed by atoms with E-state index in [2.05, 4.69) is 27.0 Å². The molecular formula is C15H20ClN3. The highest BCUT2D eigenvalue weighted by Gasteiger charge is 2.12. The van der Waals surface area contributed by atoms with E-state index in [1.165, 1.54) is 5.56 Å². The molecule has 0 radical (unpaired) electrons.